The second-order valence-electron chi connectivity index (χ2n) is 5.23. The highest BCUT2D eigenvalue weighted by atomic mass is 127. The van der Waals surface area contributed by atoms with Gasteiger partial charge in [0.1, 0.15) is 11.6 Å². The molecule has 8 heteroatoms. The first-order valence-corrected chi connectivity index (χ1v) is 7.51. The molecule has 2 rings (SSSR count). The molecule has 3 N–H and O–H groups in total. The van der Waals surface area contributed by atoms with E-state index in [0.717, 1.165) is 5.56 Å². The SMILES string of the molecule is COCC(C)NC(N)=NCc1cccnc1Oc1cccc(F)c1.I. The van der Waals surface area contributed by atoms with E-state index >= 15 is 0 Å². The van der Waals surface area contributed by atoms with Crippen LogP contribution in [0.2, 0.25) is 0 Å². The average Bonchev–Trinajstić information content (AvgIpc) is 2.54. The van der Waals surface area contributed by atoms with Gasteiger partial charge in [-0.1, -0.05) is 12.1 Å². The number of aliphatic imine (C=N–C) groups is 1. The van der Waals surface area contributed by atoms with Gasteiger partial charge in [0.15, 0.2) is 5.96 Å². The van der Waals surface area contributed by atoms with Crippen LogP contribution in [0.15, 0.2) is 47.6 Å². The number of hydrogen-bond donors (Lipinski definition) is 2. The number of nitrogens with two attached hydrogens (primary N) is 1. The standard InChI is InChI=1S/C17H21FN4O2.HI/c1-12(11-23-2)22-17(19)21-10-13-5-4-8-20-16(13)24-15-7-3-6-14(18)9-15;/h3-9,12H,10-11H2,1-2H3,(H3,19,21,22);1H. The summed E-state index contributed by atoms with van der Waals surface area (Å²) in [6, 6.07) is 9.54. The minimum Gasteiger partial charge on any atom is -0.439 e. The zero-order chi connectivity index (χ0) is 17.4. The van der Waals surface area contributed by atoms with Crippen molar-refractivity contribution in [3.05, 3.63) is 54.0 Å². The van der Waals surface area contributed by atoms with E-state index in [2.05, 4.69) is 15.3 Å². The number of rotatable bonds is 7. The maximum absolute atomic E-state index is 13.3. The van der Waals surface area contributed by atoms with Gasteiger partial charge in [0.05, 0.1) is 13.2 Å². The number of aromatic nitrogens is 1. The Bertz CT molecular complexity index is 700. The Morgan fingerprint density at radius 3 is 2.88 bits per heavy atom. The third-order valence-electron chi connectivity index (χ3n) is 3.09. The maximum Gasteiger partial charge on any atom is 0.224 e. The van der Waals surface area contributed by atoms with Crippen LogP contribution in [0.5, 0.6) is 11.6 Å². The molecule has 1 heterocycles. The van der Waals surface area contributed by atoms with E-state index in [9.17, 15) is 4.39 Å². The van der Waals surface area contributed by atoms with Gasteiger partial charge in [0, 0.05) is 31.0 Å². The first-order valence-electron chi connectivity index (χ1n) is 7.51. The van der Waals surface area contributed by atoms with Gasteiger partial charge in [-0.25, -0.2) is 14.4 Å². The number of nitrogens with one attached hydrogen (secondary N) is 1. The Kier molecular flexibility index (Phi) is 9.14. The summed E-state index contributed by atoms with van der Waals surface area (Å²) in [5.41, 5.74) is 6.59. The minimum atomic E-state index is -0.372. The molecule has 0 fully saturated rings. The van der Waals surface area contributed by atoms with E-state index in [-0.39, 0.29) is 42.4 Å². The van der Waals surface area contributed by atoms with Crippen LogP contribution in [0.1, 0.15) is 12.5 Å². The van der Waals surface area contributed by atoms with Crippen molar-refractivity contribution in [3.63, 3.8) is 0 Å². The monoisotopic (exact) mass is 460 g/mol. The van der Waals surface area contributed by atoms with Crippen molar-refractivity contribution in [1.29, 1.82) is 0 Å². The molecule has 1 aromatic heterocycles. The maximum atomic E-state index is 13.3. The van der Waals surface area contributed by atoms with Crippen LogP contribution in [0, 0.1) is 5.82 Å². The highest BCUT2D eigenvalue weighted by Gasteiger charge is 2.07. The fourth-order valence-corrected chi connectivity index (χ4v) is 2.04. The Morgan fingerprint density at radius 1 is 1.36 bits per heavy atom. The summed E-state index contributed by atoms with van der Waals surface area (Å²) in [7, 11) is 1.62. The molecule has 6 nitrogen and oxygen atoms in total. The highest BCUT2D eigenvalue weighted by molar-refractivity contribution is 14.0. The highest BCUT2D eigenvalue weighted by Crippen LogP contribution is 2.23. The summed E-state index contributed by atoms with van der Waals surface area (Å²) in [5.74, 6) is 0.673. The number of ether oxygens (including phenoxy) is 2. The van der Waals surface area contributed by atoms with Gasteiger partial charge in [-0.15, -0.1) is 24.0 Å². The lowest BCUT2D eigenvalue weighted by Gasteiger charge is -2.13. The fourth-order valence-electron chi connectivity index (χ4n) is 2.04. The van der Waals surface area contributed by atoms with Crippen molar-refractivity contribution in [3.8, 4) is 11.6 Å². The number of halogens is 2. The van der Waals surface area contributed by atoms with Crippen molar-refractivity contribution in [2.24, 2.45) is 10.7 Å². The van der Waals surface area contributed by atoms with E-state index in [1.165, 1.54) is 12.1 Å². The van der Waals surface area contributed by atoms with E-state index in [4.69, 9.17) is 15.2 Å². The molecule has 0 spiro atoms. The van der Waals surface area contributed by atoms with Crippen LogP contribution in [0.4, 0.5) is 4.39 Å². The van der Waals surface area contributed by atoms with Gasteiger partial charge < -0.3 is 20.5 Å². The van der Waals surface area contributed by atoms with E-state index in [1.54, 1.807) is 31.5 Å². The second kappa shape index (κ2) is 10.8. The zero-order valence-electron chi connectivity index (χ0n) is 14.1. The van der Waals surface area contributed by atoms with Crippen molar-refractivity contribution in [2.75, 3.05) is 13.7 Å². The topological polar surface area (TPSA) is 81.8 Å². The third-order valence-corrected chi connectivity index (χ3v) is 3.09. The summed E-state index contributed by atoms with van der Waals surface area (Å²) in [5, 5.41) is 3.02. The van der Waals surface area contributed by atoms with Gasteiger partial charge in [-0.05, 0) is 25.1 Å². The first-order chi connectivity index (χ1) is 11.6. The zero-order valence-corrected chi connectivity index (χ0v) is 16.4. The quantitative estimate of drug-likeness (QED) is 0.377. The van der Waals surface area contributed by atoms with Crippen molar-refractivity contribution >= 4 is 29.9 Å². The molecule has 0 saturated carbocycles. The molecule has 2 aromatic rings. The number of benzene rings is 1. The summed E-state index contributed by atoms with van der Waals surface area (Å²) < 4.78 is 23.9. The Balaban J connectivity index is 0.00000312. The molecule has 0 aliphatic carbocycles. The fraction of sp³-hybridized carbons (Fsp3) is 0.294. The largest absolute Gasteiger partial charge is 0.439 e. The second-order valence-corrected chi connectivity index (χ2v) is 5.23. The molecule has 1 aromatic carbocycles. The Hall–Kier alpha value is -1.94. The number of pyridine rings is 1. The number of hydrogen-bond acceptors (Lipinski definition) is 4. The molecule has 0 amide bonds. The molecule has 0 aliphatic rings. The molecule has 1 unspecified atom stereocenters. The molecule has 0 saturated heterocycles. The van der Waals surface area contributed by atoms with Gasteiger partial charge in [-0.2, -0.15) is 0 Å². The molecular formula is C17H22FIN4O2. The lowest BCUT2D eigenvalue weighted by molar-refractivity contribution is 0.179. The molecule has 0 radical (unpaired) electrons. The number of guanidine groups is 1. The van der Waals surface area contributed by atoms with Crippen LogP contribution in [0.3, 0.4) is 0 Å². The van der Waals surface area contributed by atoms with Crippen molar-refractivity contribution < 1.29 is 13.9 Å². The Labute approximate surface area is 163 Å². The summed E-state index contributed by atoms with van der Waals surface area (Å²) in [6.45, 7) is 2.75. The average molecular weight is 460 g/mol. The molecule has 0 aliphatic heterocycles. The third kappa shape index (κ3) is 7.22. The number of nitrogens with zero attached hydrogens (tertiary/aromatic N) is 2. The molecule has 136 valence electrons. The molecule has 1 atom stereocenters. The van der Waals surface area contributed by atoms with E-state index in [1.807, 2.05) is 13.0 Å². The van der Waals surface area contributed by atoms with Crippen LogP contribution in [-0.2, 0) is 11.3 Å². The predicted molar refractivity (Wildman–Crippen MR) is 106 cm³/mol. The minimum absolute atomic E-state index is 0. The first kappa shape index (κ1) is 21.1. The van der Waals surface area contributed by atoms with Crippen LogP contribution >= 0.6 is 24.0 Å². The van der Waals surface area contributed by atoms with Gasteiger partial charge in [0.2, 0.25) is 5.88 Å². The molecule has 25 heavy (non-hydrogen) atoms. The van der Waals surface area contributed by atoms with Gasteiger partial charge >= 0.3 is 0 Å². The molecule has 0 bridgehead atoms. The van der Waals surface area contributed by atoms with Crippen LogP contribution < -0.4 is 15.8 Å². The van der Waals surface area contributed by atoms with Crippen molar-refractivity contribution in [2.45, 2.75) is 19.5 Å². The van der Waals surface area contributed by atoms with Crippen LogP contribution in [0.25, 0.3) is 0 Å². The van der Waals surface area contributed by atoms with Crippen LogP contribution in [-0.4, -0.2) is 30.7 Å². The van der Waals surface area contributed by atoms with Gasteiger partial charge in [-0.3, -0.25) is 0 Å². The van der Waals surface area contributed by atoms with Crippen molar-refractivity contribution in [1.82, 2.24) is 10.3 Å². The summed E-state index contributed by atoms with van der Waals surface area (Å²) in [4.78, 5) is 8.45. The normalized spacial score (nSPS) is 12.2. The summed E-state index contributed by atoms with van der Waals surface area (Å²) in [6.07, 6.45) is 1.60. The molecular weight excluding hydrogens is 438 g/mol. The Morgan fingerprint density at radius 2 is 2.16 bits per heavy atom. The predicted octanol–water partition coefficient (Wildman–Crippen LogP) is 3.07. The summed E-state index contributed by atoms with van der Waals surface area (Å²) >= 11 is 0. The van der Waals surface area contributed by atoms with E-state index in [0.29, 0.717) is 24.2 Å². The lowest BCUT2D eigenvalue weighted by atomic mass is 10.2. The van der Waals surface area contributed by atoms with E-state index < -0.39 is 0 Å². The van der Waals surface area contributed by atoms with Gasteiger partial charge in [0.25, 0.3) is 0 Å². The smallest absolute Gasteiger partial charge is 0.224 e. The lowest BCUT2D eigenvalue weighted by Crippen LogP contribution is -2.40. The number of methoxy groups -OCH3 is 1.